The van der Waals surface area contributed by atoms with Crippen LogP contribution in [0, 0.1) is 0 Å². The van der Waals surface area contributed by atoms with Crippen molar-refractivity contribution in [2.75, 3.05) is 13.2 Å². The summed E-state index contributed by atoms with van der Waals surface area (Å²) < 4.78 is 4.82. The number of benzene rings is 1. The second kappa shape index (κ2) is 5.09. The molecule has 0 saturated carbocycles. The minimum Gasteiger partial charge on any atom is -1.00 e. The number of ether oxygens (including phenoxy) is 1. The number of hydrogen-bond acceptors (Lipinski definition) is 2. The molecule has 0 aromatic heterocycles. The molecule has 1 amide bonds. The van der Waals surface area contributed by atoms with Crippen LogP contribution in [0.15, 0.2) is 30.3 Å². The van der Waals surface area contributed by atoms with Gasteiger partial charge in [-0.2, -0.15) is 0 Å². The molecule has 0 radical (unpaired) electrons. The van der Waals surface area contributed by atoms with Gasteiger partial charge in [-0.05, 0) is 5.56 Å². The van der Waals surface area contributed by atoms with Gasteiger partial charge in [0.2, 0.25) is 0 Å². The van der Waals surface area contributed by atoms with E-state index < -0.39 is 0 Å². The Kier molecular flexibility index (Phi) is 4.06. The van der Waals surface area contributed by atoms with Crippen molar-refractivity contribution in [3.05, 3.63) is 35.9 Å². The summed E-state index contributed by atoms with van der Waals surface area (Å²) in [4.78, 5) is 12.8. The molecule has 14 heavy (non-hydrogen) atoms. The third kappa shape index (κ3) is 2.54. The molecule has 1 aliphatic heterocycles. The van der Waals surface area contributed by atoms with Crippen molar-refractivity contribution in [1.82, 2.24) is 4.90 Å². The van der Waals surface area contributed by atoms with E-state index in [0.717, 1.165) is 5.56 Å². The first kappa shape index (κ1) is 11.2. The van der Waals surface area contributed by atoms with E-state index in [9.17, 15) is 4.79 Å². The van der Waals surface area contributed by atoms with Gasteiger partial charge < -0.3 is 11.1 Å². The van der Waals surface area contributed by atoms with Gasteiger partial charge in [0.1, 0.15) is 6.61 Å². The van der Waals surface area contributed by atoms with Gasteiger partial charge in [0, 0.05) is 6.54 Å². The molecule has 1 saturated heterocycles. The Labute approximate surface area is 96.7 Å². The van der Waals surface area contributed by atoms with Crippen LogP contribution in [-0.2, 0) is 11.3 Å². The fraction of sp³-hybridized carbons (Fsp3) is 0.300. The number of nitrogens with zero attached hydrogens (tertiary/aromatic N) is 1. The van der Waals surface area contributed by atoms with Crippen molar-refractivity contribution in [2.24, 2.45) is 0 Å². The van der Waals surface area contributed by atoms with Gasteiger partial charge in [0.25, 0.3) is 0 Å². The summed E-state index contributed by atoms with van der Waals surface area (Å²) in [5.74, 6) is 0. The topological polar surface area (TPSA) is 29.5 Å². The van der Waals surface area contributed by atoms with Gasteiger partial charge in [-0.3, -0.25) is 0 Å². The molecule has 1 aromatic rings. The summed E-state index contributed by atoms with van der Waals surface area (Å²) in [6.07, 6.45) is -0.205. The number of amides is 1. The van der Waals surface area contributed by atoms with Gasteiger partial charge >= 0.3 is 25.0 Å². The normalized spacial score (nSPS) is 14.9. The van der Waals surface area contributed by atoms with Gasteiger partial charge in [0.05, 0.1) is 6.54 Å². The molecule has 1 fully saturated rings. The van der Waals surface area contributed by atoms with E-state index in [0.29, 0.717) is 19.7 Å². The maximum atomic E-state index is 11.1. The third-order valence-electron chi connectivity index (χ3n) is 2.06. The van der Waals surface area contributed by atoms with E-state index >= 15 is 0 Å². The smallest absolute Gasteiger partial charge is 1.00 e. The predicted molar refractivity (Wildman–Crippen MR) is 49.3 cm³/mol. The van der Waals surface area contributed by atoms with Gasteiger partial charge in [-0.25, -0.2) is 4.79 Å². The van der Waals surface area contributed by atoms with Crippen molar-refractivity contribution in [3.63, 3.8) is 0 Å². The number of hydrogen-bond donors (Lipinski definition) is 0. The monoisotopic (exact) mass is 185 g/mol. The quantitative estimate of drug-likeness (QED) is 0.539. The van der Waals surface area contributed by atoms with E-state index in [1.54, 1.807) is 4.90 Å². The zero-order valence-corrected chi connectivity index (χ0v) is 8.27. The molecule has 4 heteroatoms. The molecule has 0 N–H and O–H groups in total. The Bertz CT molecular complexity index is 308. The Morgan fingerprint density at radius 3 is 2.64 bits per heavy atom. The van der Waals surface area contributed by atoms with Crippen LogP contribution in [0.25, 0.3) is 0 Å². The summed E-state index contributed by atoms with van der Waals surface area (Å²) in [6, 6.07) is 9.91. The first-order valence-electron chi connectivity index (χ1n) is 4.32. The molecule has 0 unspecified atom stereocenters. The summed E-state index contributed by atoms with van der Waals surface area (Å²) in [6.45, 7) is 1.87. The Morgan fingerprint density at radius 1 is 1.36 bits per heavy atom. The molecule has 70 valence electrons. The molecule has 0 spiro atoms. The van der Waals surface area contributed by atoms with Crippen LogP contribution in [0.4, 0.5) is 4.79 Å². The van der Waals surface area contributed by atoms with Crippen LogP contribution in [-0.4, -0.2) is 24.1 Å². The Balaban J connectivity index is 0.000000980. The van der Waals surface area contributed by atoms with E-state index in [-0.39, 0.29) is 26.4 Å². The summed E-state index contributed by atoms with van der Waals surface area (Å²) in [5, 5.41) is 0. The third-order valence-corrected chi connectivity index (χ3v) is 2.06. The maximum absolute atomic E-state index is 11.1. The van der Waals surface area contributed by atoms with Crippen LogP contribution >= 0.6 is 0 Å². The molecule has 0 aliphatic carbocycles. The standard InChI is InChI=1S/C10H11NO2.Li.H/c12-10-11(6-7-13-10)8-9-4-2-1-3-5-9;;/h1-5H,6-8H2;;/q;+1;-1. The van der Waals surface area contributed by atoms with E-state index in [2.05, 4.69) is 0 Å². The number of carbonyl (C=O) groups excluding carboxylic acids is 1. The van der Waals surface area contributed by atoms with Crippen LogP contribution in [0.3, 0.4) is 0 Å². The molecule has 2 rings (SSSR count). The van der Waals surface area contributed by atoms with E-state index in [1.165, 1.54) is 0 Å². The minimum atomic E-state index is -0.205. The van der Waals surface area contributed by atoms with E-state index in [4.69, 9.17) is 4.74 Å². The molecular formula is C10H12LiNO2. The van der Waals surface area contributed by atoms with Crippen LogP contribution in [0.2, 0.25) is 0 Å². The van der Waals surface area contributed by atoms with Crippen LogP contribution < -0.4 is 18.9 Å². The first-order chi connectivity index (χ1) is 6.36. The SMILES string of the molecule is O=C1OCCN1Cc1ccccc1.[H-].[Li+]. The zero-order chi connectivity index (χ0) is 9.10. The molecule has 0 atom stereocenters. The number of carbonyl (C=O) groups is 1. The number of rotatable bonds is 2. The average molecular weight is 185 g/mol. The van der Waals surface area contributed by atoms with Gasteiger partial charge in [-0.15, -0.1) is 0 Å². The fourth-order valence-electron chi connectivity index (χ4n) is 1.37. The number of cyclic esters (lactones) is 1. The molecule has 1 heterocycles. The largest absolute Gasteiger partial charge is 1.00 e. The summed E-state index contributed by atoms with van der Waals surface area (Å²) in [5.41, 5.74) is 1.14. The maximum Gasteiger partial charge on any atom is 1.00 e. The molecular weight excluding hydrogens is 173 g/mol. The van der Waals surface area contributed by atoms with Crippen LogP contribution in [0.1, 0.15) is 6.99 Å². The van der Waals surface area contributed by atoms with Gasteiger partial charge in [0.15, 0.2) is 0 Å². The van der Waals surface area contributed by atoms with Crippen molar-refractivity contribution >= 4 is 6.09 Å². The fourth-order valence-corrected chi connectivity index (χ4v) is 1.37. The minimum absolute atomic E-state index is 0. The van der Waals surface area contributed by atoms with Crippen LogP contribution in [0.5, 0.6) is 0 Å². The summed E-state index contributed by atoms with van der Waals surface area (Å²) >= 11 is 0. The molecule has 0 bridgehead atoms. The second-order valence-electron chi connectivity index (χ2n) is 3.02. The van der Waals surface area contributed by atoms with Crippen molar-refractivity contribution in [3.8, 4) is 0 Å². The van der Waals surface area contributed by atoms with Crippen molar-refractivity contribution in [2.45, 2.75) is 6.54 Å². The van der Waals surface area contributed by atoms with E-state index in [1.807, 2.05) is 30.3 Å². The summed E-state index contributed by atoms with van der Waals surface area (Å²) in [7, 11) is 0. The van der Waals surface area contributed by atoms with Crippen molar-refractivity contribution < 1.29 is 29.8 Å². The Hall–Kier alpha value is -0.913. The first-order valence-corrected chi connectivity index (χ1v) is 4.32. The van der Waals surface area contributed by atoms with Gasteiger partial charge in [-0.1, -0.05) is 30.3 Å². The molecule has 1 aliphatic rings. The molecule has 3 nitrogen and oxygen atoms in total. The zero-order valence-electron chi connectivity index (χ0n) is 9.27. The second-order valence-corrected chi connectivity index (χ2v) is 3.02. The Morgan fingerprint density at radius 2 is 2.07 bits per heavy atom. The average Bonchev–Trinajstić information content (AvgIpc) is 2.54. The van der Waals surface area contributed by atoms with Crippen molar-refractivity contribution in [1.29, 1.82) is 0 Å². The molecule has 1 aromatic carbocycles. The predicted octanol–water partition coefficient (Wildman–Crippen LogP) is -1.24.